The van der Waals surface area contributed by atoms with Gasteiger partial charge >= 0.3 is 0 Å². The minimum atomic E-state index is 0.455. The number of rotatable bonds is 6. The van der Waals surface area contributed by atoms with Crippen molar-refractivity contribution < 1.29 is 4.42 Å². The summed E-state index contributed by atoms with van der Waals surface area (Å²) < 4.78 is 7.80. The molecular weight excluding hydrogens is 478 g/mol. The quantitative estimate of drug-likeness (QED) is 0.209. The van der Waals surface area contributed by atoms with E-state index >= 15 is 0 Å². The van der Waals surface area contributed by atoms with Crippen molar-refractivity contribution in [1.82, 2.24) is 4.57 Å². The smallest absolute Gasteiger partial charge is 0.117 e. The Hall–Kier alpha value is -5.22. The number of hydrogen-bond acceptors (Lipinski definition) is 3. The Morgan fingerprint density at radius 1 is 0.667 bits per heavy atom. The molecule has 2 aromatic heterocycles. The third-order valence-electron chi connectivity index (χ3n) is 7.38. The molecule has 2 heterocycles. The number of benzene rings is 5. The average molecular weight is 504 g/mol. The van der Waals surface area contributed by atoms with Gasteiger partial charge in [0.25, 0.3) is 0 Å². The lowest BCUT2D eigenvalue weighted by Gasteiger charge is -2.11. The highest BCUT2D eigenvalue weighted by Gasteiger charge is 2.16. The maximum absolute atomic E-state index is 5.54. The van der Waals surface area contributed by atoms with Crippen LogP contribution in [0.1, 0.15) is 11.1 Å². The number of fused-ring (bicyclic) bond motifs is 4. The first-order valence-electron chi connectivity index (χ1n) is 12.9. The maximum atomic E-state index is 5.54. The second kappa shape index (κ2) is 9.58. The normalized spacial score (nSPS) is 11.9. The Labute approximate surface area is 226 Å². The third kappa shape index (κ3) is 3.94. The summed E-state index contributed by atoms with van der Waals surface area (Å²) in [7, 11) is 0. The molecule has 39 heavy (non-hydrogen) atoms. The summed E-state index contributed by atoms with van der Waals surface area (Å²) in [6.07, 6.45) is 3.32. The zero-order valence-corrected chi connectivity index (χ0v) is 21.3. The number of aromatic nitrogens is 1. The van der Waals surface area contributed by atoms with Gasteiger partial charge in [-0.3, -0.25) is 9.98 Å². The fraction of sp³-hybridized carbons (Fsp3) is 0.0286. The number of furan rings is 1. The molecule has 0 aliphatic rings. The van der Waals surface area contributed by atoms with Gasteiger partial charge in [-0.15, -0.1) is 0 Å². The van der Waals surface area contributed by atoms with Crippen LogP contribution in [0.25, 0.3) is 43.7 Å². The van der Waals surface area contributed by atoms with Crippen LogP contribution < -0.4 is 0 Å². The minimum absolute atomic E-state index is 0.455. The Balaban J connectivity index is 1.34. The summed E-state index contributed by atoms with van der Waals surface area (Å²) in [4.78, 5) is 9.36. The topological polar surface area (TPSA) is 42.8 Å². The van der Waals surface area contributed by atoms with E-state index < -0.39 is 0 Å². The molecule has 0 N–H and O–H groups in total. The van der Waals surface area contributed by atoms with Gasteiger partial charge in [0, 0.05) is 16.3 Å². The van der Waals surface area contributed by atoms with E-state index in [1.165, 1.54) is 27.1 Å². The van der Waals surface area contributed by atoms with Crippen LogP contribution in [0.3, 0.4) is 0 Å². The first kappa shape index (κ1) is 22.9. The molecule has 186 valence electrons. The number of aliphatic imine (C=N–C) groups is 2. The van der Waals surface area contributed by atoms with E-state index in [1.807, 2.05) is 0 Å². The Morgan fingerprint density at radius 2 is 1.31 bits per heavy atom. The average Bonchev–Trinajstić information content (AvgIpc) is 3.60. The zero-order valence-electron chi connectivity index (χ0n) is 21.3. The predicted octanol–water partition coefficient (Wildman–Crippen LogP) is 9.03. The molecule has 0 saturated heterocycles. The second-order valence-corrected chi connectivity index (χ2v) is 9.54. The van der Waals surface area contributed by atoms with E-state index in [2.05, 4.69) is 132 Å². The molecule has 0 aliphatic carbocycles. The number of para-hydroxylation sites is 2. The van der Waals surface area contributed by atoms with Gasteiger partial charge in [-0.1, -0.05) is 103 Å². The predicted molar refractivity (Wildman–Crippen MR) is 162 cm³/mol. The minimum Gasteiger partial charge on any atom is -0.470 e. The van der Waals surface area contributed by atoms with Gasteiger partial charge in [-0.05, 0) is 40.7 Å². The number of nitrogens with zero attached hydrogens (tertiary/aromatic N) is 3. The van der Waals surface area contributed by atoms with Gasteiger partial charge in [-0.25, -0.2) is 0 Å². The number of hydrogen-bond donors (Lipinski definition) is 0. The van der Waals surface area contributed by atoms with E-state index in [0.717, 1.165) is 33.4 Å². The van der Waals surface area contributed by atoms with Crippen LogP contribution in [0.4, 0.5) is 5.69 Å². The highest BCUT2D eigenvalue weighted by molar-refractivity contribution is 6.16. The largest absolute Gasteiger partial charge is 0.470 e. The van der Waals surface area contributed by atoms with Crippen molar-refractivity contribution in [1.29, 1.82) is 0 Å². The van der Waals surface area contributed by atoms with Gasteiger partial charge in [0.05, 0.1) is 22.3 Å². The van der Waals surface area contributed by atoms with Crippen LogP contribution in [0.2, 0.25) is 0 Å². The van der Waals surface area contributed by atoms with Gasteiger partial charge in [0.2, 0.25) is 0 Å². The first-order chi connectivity index (χ1) is 19.3. The van der Waals surface area contributed by atoms with Crippen molar-refractivity contribution in [3.63, 3.8) is 0 Å². The van der Waals surface area contributed by atoms with Gasteiger partial charge in [0.1, 0.15) is 24.9 Å². The molecule has 0 fully saturated rings. The molecule has 0 atom stereocenters. The van der Waals surface area contributed by atoms with Crippen LogP contribution in [-0.2, 0) is 6.67 Å². The molecule has 0 spiro atoms. The van der Waals surface area contributed by atoms with Gasteiger partial charge in [0.15, 0.2) is 0 Å². The standard InChI is InChI=1S/C35H25N3O/c1-36-32-22-39-21-31(32)35(37-23-38-33-15-6-4-12-29(33)30-13-5-7-16-34(30)38)26-19-17-25(18-20-26)28-14-8-10-24-9-2-3-11-27(24)28/h2-22H,1,23H2/b37-35-. The lowest BCUT2D eigenvalue weighted by Crippen LogP contribution is -2.06. The fourth-order valence-electron chi connectivity index (χ4n) is 5.50. The van der Waals surface area contributed by atoms with Crippen molar-refractivity contribution >= 4 is 50.7 Å². The van der Waals surface area contributed by atoms with Crippen LogP contribution in [0, 0.1) is 0 Å². The van der Waals surface area contributed by atoms with Crippen molar-refractivity contribution in [2.24, 2.45) is 9.98 Å². The molecule has 4 heteroatoms. The zero-order chi connectivity index (χ0) is 26.2. The van der Waals surface area contributed by atoms with E-state index in [1.54, 1.807) is 12.5 Å². The molecule has 7 rings (SSSR count). The Kier molecular flexibility index (Phi) is 5.64. The summed E-state index contributed by atoms with van der Waals surface area (Å²) >= 11 is 0. The molecule has 0 aliphatic heterocycles. The molecule has 4 nitrogen and oxygen atoms in total. The molecular formula is C35H25N3O. The highest BCUT2D eigenvalue weighted by atomic mass is 16.3. The summed E-state index contributed by atoms with van der Waals surface area (Å²) in [5, 5.41) is 4.91. The van der Waals surface area contributed by atoms with Crippen molar-refractivity contribution in [3.05, 3.63) is 139 Å². The van der Waals surface area contributed by atoms with Gasteiger partial charge < -0.3 is 8.98 Å². The van der Waals surface area contributed by atoms with Crippen molar-refractivity contribution in [2.45, 2.75) is 6.67 Å². The van der Waals surface area contributed by atoms with E-state index in [4.69, 9.17) is 9.41 Å². The molecule has 5 aromatic carbocycles. The van der Waals surface area contributed by atoms with E-state index in [-0.39, 0.29) is 0 Å². The fourth-order valence-corrected chi connectivity index (χ4v) is 5.50. The van der Waals surface area contributed by atoms with Crippen molar-refractivity contribution in [3.8, 4) is 11.1 Å². The van der Waals surface area contributed by atoms with Gasteiger partial charge in [-0.2, -0.15) is 0 Å². The SMILES string of the molecule is C=Nc1cocc1/C(=N\Cn1c2ccccc2c2ccccc21)c1ccc(-c2cccc3ccccc23)cc1. The Morgan fingerprint density at radius 3 is 2.03 bits per heavy atom. The third-order valence-corrected chi connectivity index (χ3v) is 7.38. The molecule has 0 saturated carbocycles. The van der Waals surface area contributed by atoms with Crippen LogP contribution in [-0.4, -0.2) is 17.0 Å². The first-order valence-corrected chi connectivity index (χ1v) is 12.9. The summed E-state index contributed by atoms with van der Waals surface area (Å²) in [5.74, 6) is 0. The van der Waals surface area contributed by atoms with E-state index in [9.17, 15) is 0 Å². The second-order valence-electron chi connectivity index (χ2n) is 9.54. The monoisotopic (exact) mass is 503 g/mol. The molecule has 0 unspecified atom stereocenters. The van der Waals surface area contributed by atoms with Crippen LogP contribution in [0.15, 0.2) is 142 Å². The lowest BCUT2D eigenvalue weighted by molar-refractivity contribution is 0.567. The van der Waals surface area contributed by atoms with Crippen molar-refractivity contribution in [2.75, 3.05) is 0 Å². The summed E-state index contributed by atoms with van der Waals surface area (Å²) in [6, 6.07) is 40.4. The maximum Gasteiger partial charge on any atom is 0.117 e. The van der Waals surface area contributed by atoms with Crippen LogP contribution in [0.5, 0.6) is 0 Å². The molecule has 0 radical (unpaired) electrons. The lowest BCUT2D eigenvalue weighted by atomic mass is 9.96. The van der Waals surface area contributed by atoms with E-state index in [0.29, 0.717) is 12.4 Å². The molecule has 0 amide bonds. The summed E-state index contributed by atoms with van der Waals surface area (Å²) in [6.45, 7) is 4.20. The highest BCUT2D eigenvalue weighted by Crippen LogP contribution is 2.32. The van der Waals surface area contributed by atoms with Crippen LogP contribution >= 0.6 is 0 Å². The Bertz CT molecular complexity index is 1950. The molecule has 0 bridgehead atoms. The molecule has 7 aromatic rings. The summed E-state index contributed by atoms with van der Waals surface area (Å²) in [5.41, 5.74) is 7.98.